The summed E-state index contributed by atoms with van der Waals surface area (Å²) < 4.78 is 23.9. The normalized spacial score (nSPS) is 13.5. The molecule has 0 heterocycles. The van der Waals surface area contributed by atoms with Gasteiger partial charge >= 0.3 is 0 Å². The Morgan fingerprint density at radius 3 is 1.97 bits per heavy atom. The van der Waals surface area contributed by atoms with E-state index < -0.39 is 10.0 Å². The standard InChI is InChI=1S/C28H32N2O2S/c1-19(2)26-16-23(11-13-28(26)33(30,31)32)15-21(4)27-17-22(10-12-25(27)18-29)14-20(3)24-8-6-5-7-9-24/h5-13,16-17,19-21H,14-15H2,1-4H3,(H2,30,31,32). The number of nitrogens with zero attached hydrogens (tertiary/aromatic N) is 1. The number of primary sulfonamides is 1. The van der Waals surface area contributed by atoms with E-state index in [9.17, 15) is 13.7 Å². The van der Waals surface area contributed by atoms with E-state index in [1.807, 2.05) is 44.2 Å². The first-order chi connectivity index (χ1) is 15.6. The summed E-state index contributed by atoms with van der Waals surface area (Å²) in [6, 6.07) is 24.3. The molecule has 5 heteroatoms. The van der Waals surface area contributed by atoms with Crippen molar-refractivity contribution < 1.29 is 8.42 Å². The lowest BCUT2D eigenvalue weighted by Crippen LogP contribution is -2.15. The van der Waals surface area contributed by atoms with Crippen LogP contribution < -0.4 is 5.14 Å². The molecule has 0 aliphatic carbocycles. The zero-order valence-electron chi connectivity index (χ0n) is 19.7. The minimum atomic E-state index is -3.77. The zero-order valence-corrected chi connectivity index (χ0v) is 20.6. The van der Waals surface area contributed by atoms with E-state index in [2.05, 4.69) is 50.2 Å². The Morgan fingerprint density at radius 1 is 0.818 bits per heavy atom. The third-order valence-electron chi connectivity index (χ3n) is 6.22. The number of hydrogen-bond acceptors (Lipinski definition) is 3. The number of hydrogen-bond donors (Lipinski definition) is 1. The molecule has 0 spiro atoms. The van der Waals surface area contributed by atoms with E-state index in [0.29, 0.717) is 17.9 Å². The second kappa shape index (κ2) is 10.3. The van der Waals surface area contributed by atoms with Gasteiger partial charge in [0.1, 0.15) is 0 Å². The molecule has 0 aromatic heterocycles. The summed E-state index contributed by atoms with van der Waals surface area (Å²) in [5.41, 5.74) is 5.98. The Hall–Kier alpha value is -2.94. The lowest BCUT2D eigenvalue weighted by molar-refractivity contribution is 0.595. The largest absolute Gasteiger partial charge is 0.238 e. The van der Waals surface area contributed by atoms with Crippen LogP contribution in [0.2, 0.25) is 0 Å². The molecule has 0 radical (unpaired) electrons. The first kappa shape index (κ1) is 24.7. The van der Waals surface area contributed by atoms with Crippen LogP contribution >= 0.6 is 0 Å². The van der Waals surface area contributed by atoms with Gasteiger partial charge in [-0.05, 0) is 70.5 Å². The van der Waals surface area contributed by atoms with Crippen LogP contribution in [0.1, 0.15) is 78.8 Å². The monoisotopic (exact) mass is 460 g/mol. The van der Waals surface area contributed by atoms with E-state index in [0.717, 1.165) is 23.1 Å². The molecule has 3 aromatic rings. The van der Waals surface area contributed by atoms with Gasteiger partial charge in [-0.1, -0.05) is 82.3 Å². The molecule has 2 unspecified atom stereocenters. The summed E-state index contributed by atoms with van der Waals surface area (Å²) in [4.78, 5) is 0.184. The second-order valence-corrected chi connectivity index (χ2v) is 10.8. The van der Waals surface area contributed by atoms with Gasteiger partial charge in [0, 0.05) is 0 Å². The van der Waals surface area contributed by atoms with Crippen LogP contribution in [0.3, 0.4) is 0 Å². The summed E-state index contributed by atoms with van der Waals surface area (Å²) >= 11 is 0. The number of rotatable bonds is 8. The average molecular weight is 461 g/mol. The highest BCUT2D eigenvalue weighted by atomic mass is 32.2. The number of nitriles is 1. The van der Waals surface area contributed by atoms with Crippen molar-refractivity contribution in [1.29, 1.82) is 5.26 Å². The Morgan fingerprint density at radius 2 is 1.39 bits per heavy atom. The molecule has 0 aliphatic rings. The maximum Gasteiger partial charge on any atom is 0.238 e. The fourth-order valence-corrected chi connectivity index (χ4v) is 5.28. The number of nitrogens with two attached hydrogens (primary N) is 1. The average Bonchev–Trinajstić information content (AvgIpc) is 2.78. The summed E-state index contributed by atoms with van der Waals surface area (Å²) in [5.74, 6) is 0.514. The molecule has 0 aliphatic heterocycles. The predicted octanol–water partition coefficient (Wildman–Crippen LogP) is 6.02. The SMILES string of the molecule is CC(C)c1cc(CC(C)c2cc(CC(C)c3ccccc3)ccc2C#N)ccc1S(N)(=O)=O. The van der Waals surface area contributed by atoms with Crippen LogP contribution in [0.15, 0.2) is 71.6 Å². The van der Waals surface area contributed by atoms with Crippen LogP contribution in [0, 0.1) is 11.3 Å². The number of benzene rings is 3. The number of sulfonamides is 1. The van der Waals surface area contributed by atoms with Gasteiger partial charge in [0.2, 0.25) is 10.0 Å². The molecular formula is C28H32N2O2S. The Kier molecular flexibility index (Phi) is 7.73. The van der Waals surface area contributed by atoms with Crippen molar-refractivity contribution in [3.05, 3.63) is 100 Å². The molecule has 4 nitrogen and oxygen atoms in total. The molecule has 2 N–H and O–H groups in total. The summed E-state index contributed by atoms with van der Waals surface area (Å²) in [7, 11) is -3.77. The predicted molar refractivity (Wildman–Crippen MR) is 134 cm³/mol. The van der Waals surface area contributed by atoms with Crippen molar-refractivity contribution in [2.75, 3.05) is 0 Å². The fraction of sp³-hybridized carbons (Fsp3) is 0.321. The molecule has 0 saturated carbocycles. The van der Waals surface area contributed by atoms with Crippen LogP contribution in [-0.2, 0) is 22.9 Å². The topological polar surface area (TPSA) is 83.9 Å². The van der Waals surface area contributed by atoms with Crippen LogP contribution in [-0.4, -0.2) is 8.42 Å². The molecule has 3 aromatic carbocycles. The van der Waals surface area contributed by atoms with Gasteiger partial charge in [0.15, 0.2) is 0 Å². The highest BCUT2D eigenvalue weighted by Crippen LogP contribution is 2.30. The van der Waals surface area contributed by atoms with Crippen molar-refractivity contribution in [2.24, 2.45) is 5.14 Å². The first-order valence-electron chi connectivity index (χ1n) is 11.3. The van der Waals surface area contributed by atoms with Gasteiger partial charge < -0.3 is 0 Å². The fourth-order valence-electron chi connectivity index (χ4n) is 4.40. The van der Waals surface area contributed by atoms with Crippen molar-refractivity contribution >= 4 is 10.0 Å². The zero-order chi connectivity index (χ0) is 24.2. The smallest absolute Gasteiger partial charge is 0.225 e. The molecule has 33 heavy (non-hydrogen) atoms. The molecule has 0 fully saturated rings. The minimum Gasteiger partial charge on any atom is -0.225 e. The molecule has 2 atom stereocenters. The van der Waals surface area contributed by atoms with Crippen LogP contribution in [0.25, 0.3) is 0 Å². The van der Waals surface area contributed by atoms with E-state index in [1.165, 1.54) is 11.1 Å². The van der Waals surface area contributed by atoms with Gasteiger partial charge in [-0.3, -0.25) is 0 Å². The molecule has 3 rings (SSSR count). The first-order valence-corrected chi connectivity index (χ1v) is 12.9. The van der Waals surface area contributed by atoms with Crippen molar-refractivity contribution in [3.8, 4) is 6.07 Å². The third-order valence-corrected chi connectivity index (χ3v) is 7.21. The molecule has 172 valence electrons. The summed E-state index contributed by atoms with van der Waals surface area (Å²) in [6.45, 7) is 8.26. The third kappa shape index (κ3) is 6.10. The van der Waals surface area contributed by atoms with Gasteiger partial charge in [0.25, 0.3) is 0 Å². The van der Waals surface area contributed by atoms with Crippen molar-refractivity contribution in [1.82, 2.24) is 0 Å². The highest BCUT2D eigenvalue weighted by Gasteiger charge is 2.19. The van der Waals surface area contributed by atoms with Gasteiger partial charge in [0.05, 0.1) is 16.5 Å². The summed E-state index contributed by atoms with van der Waals surface area (Å²) in [5, 5.41) is 15.1. The van der Waals surface area contributed by atoms with Gasteiger partial charge in [-0.15, -0.1) is 0 Å². The van der Waals surface area contributed by atoms with Gasteiger partial charge in [-0.2, -0.15) is 5.26 Å². The van der Waals surface area contributed by atoms with E-state index in [4.69, 9.17) is 5.14 Å². The van der Waals surface area contributed by atoms with Crippen molar-refractivity contribution in [3.63, 3.8) is 0 Å². The molecular weight excluding hydrogens is 428 g/mol. The Balaban J connectivity index is 1.87. The summed E-state index contributed by atoms with van der Waals surface area (Å²) in [6.07, 6.45) is 1.60. The second-order valence-electron chi connectivity index (χ2n) is 9.23. The van der Waals surface area contributed by atoms with Gasteiger partial charge in [-0.25, -0.2) is 13.6 Å². The lowest BCUT2D eigenvalue weighted by Gasteiger charge is -2.19. The van der Waals surface area contributed by atoms with Crippen LogP contribution in [0.4, 0.5) is 0 Å². The highest BCUT2D eigenvalue weighted by molar-refractivity contribution is 7.89. The maximum absolute atomic E-state index is 12.0. The van der Waals surface area contributed by atoms with Crippen molar-refractivity contribution in [2.45, 2.75) is 63.2 Å². The quantitative estimate of drug-likeness (QED) is 0.446. The molecule has 0 amide bonds. The Labute approximate surface area is 198 Å². The molecule has 0 saturated heterocycles. The van der Waals surface area contributed by atoms with E-state index in [1.54, 1.807) is 6.07 Å². The molecule has 0 bridgehead atoms. The minimum absolute atomic E-state index is 0.0334. The maximum atomic E-state index is 12.0. The Bertz CT molecular complexity index is 1260. The van der Waals surface area contributed by atoms with E-state index >= 15 is 0 Å². The lowest BCUT2D eigenvalue weighted by atomic mass is 9.86. The van der Waals surface area contributed by atoms with E-state index in [-0.39, 0.29) is 16.7 Å². The van der Waals surface area contributed by atoms with Crippen LogP contribution in [0.5, 0.6) is 0 Å².